The molecule has 26 heavy (non-hydrogen) atoms. The molecule has 0 fully saturated rings. The van der Waals surface area contributed by atoms with E-state index in [0.717, 1.165) is 6.20 Å². The van der Waals surface area contributed by atoms with Crippen molar-refractivity contribution in [2.45, 2.75) is 11.1 Å². The van der Waals surface area contributed by atoms with Crippen LogP contribution in [0.1, 0.15) is 5.56 Å². The summed E-state index contributed by atoms with van der Waals surface area (Å²) in [6, 6.07) is 1.41. The molecule has 2 rings (SSSR count). The van der Waals surface area contributed by atoms with E-state index in [4.69, 9.17) is 30.5 Å². The van der Waals surface area contributed by atoms with Gasteiger partial charge in [-0.2, -0.15) is 13.2 Å². The van der Waals surface area contributed by atoms with Crippen LogP contribution in [-0.2, 0) is 6.18 Å². The number of rotatable bonds is 5. The molecule has 5 nitrogen and oxygen atoms in total. The Kier molecular flexibility index (Phi) is 6.02. The molecule has 0 bridgehead atoms. The summed E-state index contributed by atoms with van der Waals surface area (Å²) in [6.45, 7) is 0. The summed E-state index contributed by atoms with van der Waals surface area (Å²) in [5.41, 5.74) is -1.54. The lowest BCUT2D eigenvalue weighted by Gasteiger charge is -2.22. The maximum absolute atomic E-state index is 13.7. The van der Waals surface area contributed by atoms with Crippen molar-refractivity contribution < 1.29 is 32.1 Å². The molecule has 0 radical (unpaired) electrons. The lowest BCUT2D eigenvalue weighted by molar-refractivity contribution is -0.137. The van der Waals surface area contributed by atoms with Crippen molar-refractivity contribution >= 4 is 24.2 Å². The van der Waals surface area contributed by atoms with Gasteiger partial charge in [-0.25, -0.2) is 4.98 Å². The van der Waals surface area contributed by atoms with Crippen LogP contribution < -0.4 is 18.9 Å². The molecule has 0 saturated heterocycles. The molecular formula is C16H15ClF3NO4S. The number of nitrogens with zero attached hydrogens (tertiary/aromatic N) is 1. The minimum Gasteiger partial charge on any atom is -0.494 e. The van der Waals surface area contributed by atoms with Gasteiger partial charge in [0.25, 0.3) is 0 Å². The maximum Gasteiger partial charge on any atom is 0.420 e. The molecule has 0 unspecified atom stereocenters. The Morgan fingerprint density at radius 2 is 1.50 bits per heavy atom. The van der Waals surface area contributed by atoms with E-state index in [-0.39, 0.29) is 39.0 Å². The first-order valence-corrected chi connectivity index (χ1v) is 7.85. The average molecular weight is 410 g/mol. The average Bonchev–Trinajstić information content (AvgIpc) is 2.59. The number of hydrogen-bond donors (Lipinski definition) is 1. The lowest BCUT2D eigenvalue weighted by atomic mass is 9.98. The molecule has 1 aromatic carbocycles. The van der Waals surface area contributed by atoms with Crippen LogP contribution in [0.15, 0.2) is 17.2 Å². The first kappa shape index (κ1) is 20.3. The van der Waals surface area contributed by atoms with Crippen molar-refractivity contribution in [1.29, 1.82) is 0 Å². The highest BCUT2D eigenvalue weighted by Gasteiger charge is 2.40. The molecule has 0 aliphatic rings. The Hall–Kier alpha value is -2.00. The molecule has 0 saturated carbocycles. The Bertz CT molecular complexity index is 830. The molecule has 1 heterocycles. The number of thiol groups is 1. The third-order valence-electron chi connectivity index (χ3n) is 3.56. The highest BCUT2D eigenvalue weighted by molar-refractivity contribution is 7.80. The fraction of sp³-hybridized carbons (Fsp3) is 0.312. The van der Waals surface area contributed by atoms with E-state index in [1.165, 1.54) is 34.5 Å². The van der Waals surface area contributed by atoms with Gasteiger partial charge in [0.2, 0.25) is 5.75 Å². The van der Waals surface area contributed by atoms with Crippen LogP contribution in [0.25, 0.3) is 11.1 Å². The minimum absolute atomic E-state index is 0.0112. The summed E-state index contributed by atoms with van der Waals surface area (Å²) in [5, 5.41) is -0.724. The van der Waals surface area contributed by atoms with Crippen LogP contribution in [0.3, 0.4) is 0 Å². The third-order valence-corrected chi connectivity index (χ3v) is 4.20. The molecule has 0 N–H and O–H groups in total. The minimum atomic E-state index is -4.80. The monoisotopic (exact) mass is 409 g/mol. The summed E-state index contributed by atoms with van der Waals surface area (Å²) in [4.78, 5) is 3.71. The van der Waals surface area contributed by atoms with Crippen molar-refractivity contribution in [3.05, 3.63) is 23.0 Å². The van der Waals surface area contributed by atoms with E-state index in [0.29, 0.717) is 0 Å². The van der Waals surface area contributed by atoms with Gasteiger partial charge in [0, 0.05) is 16.0 Å². The molecule has 0 aliphatic heterocycles. The number of halogens is 4. The zero-order valence-electron chi connectivity index (χ0n) is 14.2. The first-order valence-electron chi connectivity index (χ1n) is 7.03. The van der Waals surface area contributed by atoms with E-state index in [1.807, 2.05) is 0 Å². The predicted octanol–water partition coefficient (Wildman–Crippen LogP) is 4.74. The topological polar surface area (TPSA) is 49.8 Å². The standard InChI is InChI=1S/C16H15ClF3NO4S/c1-22-7-5-9(26)11(14(25-4)13(7)24-3)10-8(23-2)6-21-15(17)12(10)16(18,19)20/h5-6,26H,1-4H3. The van der Waals surface area contributed by atoms with Gasteiger partial charge in [0.1, 0.15) is 16.5 Å². The van der Waals surface area contributed by atoms with E-state index < -0.39 is 16.9 Å². The molecular weight excluding hydrogens is 395 g/mol. The number of aromatic nitrogens is 1. The van der Waals surface area contributed by atoms with Crippen LogP contribution in [0.4, 0.5) is 13.2 Å². The Morgan fingerprint density at radius 3 is 1.96 bits per heavy atom. The van der Waals surface area contributed by atoms with E-state index in [1.54, 1.807) is 0 Å². The van der Waals surface area contributed by atoms with Gasteiger partial charge in [0.15, 0.2) is 11.5 Å². The van der Waals surface area contributed by atoms with Crippen LogP contribution in [0, 0.1) is 0 Å². The van der Waals surface area contributed by atoms with Crippen LogP contribution in [0.5, 0.6) is 23.0 Å². The molecule has 0 amide bonds. The Morgan fingerprint density at radius 1 is 0.923 bits per heavy atom. The quantitative estimate of drug-likeness (QED) is 0.570. The number of hydrogen-bond acceptors (Lipinski definition) is 6. The van der Waals surface area contributed by atoms with Crippen LogP contribution >= 0.6 is 24.2 Å². The predicted molar refractivity (Wildman–Crippen MR) is 93.1 cm³/mol. The maximum atomic E-state index is 13.7. The van der Waals surface area contributed by atoms with Gasteiger partial charge in [-0.1, -0.05) is 11.6 Å². The molecule has 1 aromatic heterocycles. The van der Waals surface area contributed by atoms with Crippen LogP contribution in [-0.4, -0.2) is 33.4 Å². The molecule has 0 spiro atoms. The Labute approximate surface area is 158 Å². The largest absolute Gasteiger partial charge is 0.494 e. The van der Waals surface area contributed by atoms with Gasteiger partial charge >= 0.3 is 6.18 Å². The van der Waals surface area contributed by atoms with Crippen molar-refractivity contribution in [2.24, 2.45) is 0 Å². The summed E-state index contributed by atoms with van der Waals surface area (Å²) in [7, 11) is 5.23. The van der Waals surface area contributed by atoms with Gasteiger partial charge < -0.3 is 18.9 Å². The fourth-order valence-corrected chi connectivity index (χ4v) is 3.10. The highest BCUT2D eigenvalue weighted by atomic mass is 35.5. The SMILES string of the molecule is COc1cc(S)c(-c2c(OC)cnc(Cl)c2C(F)(F)F)c(OC)c1OC. The second kappa shape index (κ2) is 7.71. The second-order valence-electron chi connectivity index (χ2n) is 4.90. The van der Waals surface area contributed by atoms with Crippen molar-refractivity contribution in [3.63, 3.8) is 0 Å². The first-order chi connectivity index (χ1) is 12.2. The van der Waals surface area contributed by atoms with Gasteiger partial charge in [-0.3, -0.25) is 0 Å². The highest BCUT2D eigenvalue weighted by Crippen LogP contribution is 2.54. The van der Waals surface area contributed by atoms with E-state index >= 15 is 0 Å². The number of pyridine rings is 1. The smallest absolute Gasteiger partial charge is 0.420 e. The second-order valence-corrected chi connectivity index (χ2v) is 5.74. The van der Waals surface area contributed by atoms with E-state index in [9.17, 15) is 13.2 Å². The zero-order chi connectivity index (χ0) is 19.6. The fourth-order valence-electron chi connectivity index (χ4n) is 2.52. The summed E-state index contributed by atoms with van der Waals surface area (Å²) in [6.07, 6.45) is -3.71. The van der Waals surface area contributed by atoms with Crippen molar-refractivity contribution in [3.8, 4) is 34.1 Å². The van der Waals surface area contributed by atoms with Crippen molar-refractivity contribution in [1.82, 2.24) is 4.98 Å². The number of methoxy groups -OCH3 is 4. The number of ether oxygens (including phenoxy) is 4. The summed E-state index contributed by atoms with van der Waals surface area (Å²) in [5.74, 6) is 0.183. The molecule has 0 aliphatic carbocycles. The summed E-state index contributed by atoms with van der Waals surface area (Å²) >= 11 is 10.1. The molecule has 10 heteroatoms. The molecule has 142 valence electrons. The molecule has 2 aromatic rings. The Balaban J connectivity index is 3.04. The lowest BCUT2D eigenvalue weighted by Crippen LogP contribution is -2.11. The number of benzene rings is 1. The molecule has 0 atom stereocenters. The van der Waals surface area contributed by atoms with Gasteiger partial charge in [-0.15, -0.1) is 12.6 Å². The zero-order valence-corrected chi connectivity index (χ0v) is 15.8. The summed E-state index contributed by atoms with van der Waals surface area (Å²) < 4.78 is 62.0. The number of alkyl halides is 3. The third kappa shape index (κ3) is 3.45. The van der Waals surface area contributed by atoms with Crippen molar-refractivity contribution in [2.75, 3.05) is 28.4 Å². The van der Waals surface area contributed by atoms with Gasteiger partial charge in [-0.05, 0) is 6.07 Å². The van der Waals surface area contributed by atoms with Gasteiger partial charge in [0.05, 0.1) is 34.6 Å². The normalized spacial score (nSPS) is 11.3. The van der Waals surface area contributed by atoms with E-state index in [2.05, 4.69) is 17.6 Å². The van der Waals surface area contributed by atoms with Crippen LogP contribution in [0.2, 0.25) is 5.15 Å².